The summed E-state index contributed by atoms with van der Waals surface area (Å²) < 4.78 is 0. The van der Waals surface area contributed by atoms with Gasteiger partial charge < -0.3 is 9.80 Å². The molecule has 0 radical (unpaired) electrons. The zero-order chi connectivity index (χ0) is 17.1. The average Bonchev–Trinajstić information content (AvgIpc) is 2.59. The number of hydrogen-bond acceptors (Lipinski definition) is 3. The smallest absolute Gasteiger partial charge is 0.227 e. The van der Waals surface area contributed by atoms with Gasteiger partial charge >= 0.3 is 0 Å². The molecular formula is C18H25Cl2N3O. The summed E-state index contributed by atoms with van der Waals surface area (Å²) in [6.45, 7) is 6.14. The van der Waals surface area contributed by atoms with Crippen LogP contribution < -0.4 is 0 Å². The number of hydrogen-bond donors (Lipinski definition) is 0. The Balaban J connectivity index is 1.61. The SMILES string of the molecule is CN1CCN(C(=O)C2CCCN(Cc3c(Cl)cccc3Cl)C2)CC1. The van der Waals surface area contributed by atoms with Gasteiger partial charge in [0, 0.05) is 54.9 Å². The molecule has 1 amide bonds. The van der Waals surface area contributed by atoms with E-state index in [9.17, 15) is 4.79 Å². The van der Waals surface area contributed by atoms with E-state index < -0.39 is 0 Å². The molecule has 1 aromatic carbocycles. The van der Waals surface area contributed by atoms with Crippen LogP contribution in [0.5, 0.6) is 0 Å². The molecule has 132 valence electrons. The fraction of sp³-hybridized carbons (Fsp3) is 0.611. The van der Waals surface area contributed by atoms with Gasteiger partial charge in [-0.15, -0.1) is 0 Å². The van der Waals surface area contributed by atoms with E-state index in [0.717, 1.165) is 57.7 Å². The number of halogens is 2. The number of likely N-dealkylation sites (tertiary alicyclic amines) is 1. The first kappa shape index (κ1) is 18.0. The van der Waals surface area contributed by atoms with E-state index in [2.05, 4.69) is 16.8 Å². The van der Waals surface area contributed by atoms with Crippen LogP contribution in [0.25, 0.3) is 0 Å². The van der Waals surface area contributed by atoms with Gasteiger partial charge in [0.05, 0.1) is 5.92 Å². The first-order chi connectivity index (χ1) is 11.5. The number of nitrogens with zero attached hydrogens (tertiary/aromatic N) is 3. The van der Waals surface area contributed by atoms with Crippen molar-refractivity contribution in [3.05, 3.63) is 33.8 Å². The van der Waals surface area contributed by atoms with Crippen molar-refractivity contribution in [1.29, 1.82) is 0 Å². The molecule has 2 aliphatic rings. The molecule has 0 aromatic heterocycles. The van der Waals surface area contributed by atoms with Crippen LogP contribution in [0.2, 0.25) is 10.0 Å². The van der Waals surface area contributed by atoms with Crippen molar-refractivity contribution in [2.75, 3.05) is 46.3 Å². The van der Waals surface area contributed by atoms with Crippen molar-refractivity contribution in [2.24, 2.45) is 5.92 Å². The van der Waals surface area contributed by atoms with Crippen LogP contribution in [0, 0.1) is 5.92 Å². The summed E-state index contributed by atoms with van der Waals surface area (Å²) in [5, 5.41) is 1.41. The van der Waals surface area contributed by atoms with Gasteiger partial charge in [-0.2, -0.15) is 0 Å². The Morgan fingerprint density at radius 3 is 2.46 bits per heavy atom. The number of piperazine rings is 1. The number of carbonyl (C=O) groups excluding carboxylic acids is 1. The van der Waals surface area contributed by atoms with Crippen LogP contribution in [-0.2, 0) is 11.3 Å². The third-order valence-corrected chi connectivity index (χ3v) is 5.82. The normalized spacial score (nSPS) is 23.5. The Morgan fingerprint density at radius 1 is 1.12 bits per heavy atom. The standard InChI is InChI=1S/C18H25Cl2N3O/c1-21-8-10-23(11-9-21)18(24)14-4-3-7-22(12-14)13-15-16(19)5-2-6-17(15)20/h2,5-6,14H,3-4,7-13H2,1H3. The fourth-order valence-corrected chi connectivity index (χ4v) is 4.11. The number of rotatable bonds is 3. The minimum absolute atomic E-state index is 0.100. The maximum atomic E-state index is 12.8. The highest BCUT2D eigenvalue weighted by Gasteiger charge is 2.30. The van der Waals surface area contributed by atoms with Gasteiger partial charge in [-0.05, 0) is 38.6 Å². The molecule has 6 heteroatoms. The minimum atomic E-state index is 0.100. The molecule has 2 heterocycles. The molecular weight excluding hydrogens is 345 g/mol. The summed E-state index contributed by atoms with van der Waals surface area (Å²) >= 11 is 12.6. The Hall–Kier alpha value is -0.810. The molecule has 1 unspecified atom stereocenters. The van der Waals surface area contributed by atoms with Crippen molar-refractivity contribution >= 4 is 29.1 Å². The maximum Gasteiger partial charge on any atom is 0.227 e. The topological polar surface area (TPSA) is 26.8 Å². The van der Waals surface area contributed by atoms with Crippen LogP contribution >= 0.6 is 23.2 Å². The van der Waals surface area contributed by atoms with E-state index in [1.54, 1.807) is 0 Å². The average molecular weight is 370 g/mol. The zero-order valence-corrected chi connectivity index (χ0v) is 15.7. The number of carbonyl (C=O) groups is 1. The maximum absolute atomic E-state index is 12.8. The number of piperidine rings is 1. The van der Waals surface area contributed by atoms with Crippen LogP contribution in [0.15, 0.2) is 18.2 Å². The van der Waals surface area contributed by atoms with E-state index in [4.69, 9.17) is 23.2 Å². The van der Waals surface area contributed by atoms with E-state index >= 15 is 0 Å². The van der Waals surface area contributed by atoms with Crippen molar-refractivity contribution in [3.63, 3.8) is 0 Å². The highest BCUT2D eigenvalue weighted by atomic mass is 35.5. The largest absolute Gasteiger partial charge is 0.340 e. The van der Waals surface area contributed by atoms with Gasteiger partial charge in [0.25, 0.3) is 0 Å². The summed E-state index contributed by atoms with van der Waals surface area (Å²) in [6, 6.07) is 5.61. The lowest BCUT2D eigenvalue weighted by Gasteiger charge is -2.38. The molecule has 0 bridgehead atoms. The van der Waals surface area contributed by atoms with Gasteiger partial charge in [0.2, 0.25) is 5.91 Å². The predicted molar refractivity (Wildman–Crippen MR) is 98.5 cm³/mol. The Labute approximate surface area is 154 Å². The molecule has 4 nitrogen and oxygen atoms in total. The second kappa shape index (κ2) is 8.05. The molecule has 0 N–H and O–H groups in total. The van der Waals surface area contributed by atoms with Crippen molar-refractivity contribution in [1.82, 2.24) is 14.7 Å². The molecule has 24 heavy (non-hydrogen) atoms. The second-order valence-electron chi connectivity index (χ2n) is 6.90. The molecule has 2 saturated heterocycles. The van der Waals surface area contributed by atoms with E-state index in [-0.39, 0.29) is 5.92 Å². The van der Waals surface area contributed by atoms with E-state index in [0.29, 0.717) is 22.5 Å². The molecule has 0 saturated carbocycles. The summed E-state index contributed by atoms with van der Waals surface area (Å²) in [6.07, 6.45) is 2.03. The van der Waals surface area contributed by atoms with Gasteiger partial charge in [-0.25, -0.2) is 0 Å². The summed E-state index contributed by atoms with van der Waals surface area (Å²) in [7, 11) is 2.11. The fourth-order valence-electron chi connectivity index (χ4n) is 3.59. The lowest BCUT2D eigenvalue weighted by atomic mass is 9.95. The van der Waals surface area contributed by atoms with Crippen LogP contribution in [0.4, 0.5) is 0 Å². The molecule has 2 aliphatic heterocycles. The molecule has 3 rings (SSSR count). The predicted octanol–water partition coefficient (Wildman–Crippen LogP) is 2.98. The molecule has 0 aliphatic carbocycles. The molecule has 0 spiro atoms. The van der Waals surface area contributed by atoms with Crippen LogP contribution in [0.1, 0.15) is 18.4 Å². The number of benzene rings is 1. The van der Waals surface area contributed by atoms with Crippen molar-refractivity contribution < 1.29 is 4.79 Å². The Bertz CT molecular complexity index is 567. The minimum Gasteiger partial charge on any atom is -0.340 e. The van der Waals surface area contributed by atoms with Gasteiger partial charge in [0.1, 0.15) is 0 Å². The molecule has 1 atom stereocenters. The van der Waals surface area contributed by atoms with Crippen molar-refractivity contribution in [3.8, 4) is 0 Å². The molecule has 1 aromatic rings. The zero-order valence-electron chi connectivity index (χ0n) is 14.2. The van der Waals surface area contributed by atoms with Gasteiger partial charge in [-0.1, -0.05) is 29.3 Å². The van der Waals surface area contributed by atoms with E-state index in [1.165, 1.54) is 0 Å². The third kappa shape index (κ3) is 4.23. The lowest BCUT2D eigenvalue weighted by molar-refractivity contribution is -0.139. The highest BCUT2D eigenvalue weighted by molar-refractivity contribution is 6.35. The van der Waals surface area contributed by atoms with Gasteiger partial charge in [-0.3, -0.25) is 9.69 Å². The summed E-state index contributed by atoms with van der Waals surface area (Å²) in [5.74, 6) is 0.418. The number of amides is 1. The quantitative estimate of drug-likeness (QED) is 0.819. The Morgan fingerprint density at radius 2 is 1.79 bits per heavy atom. The third-order valence-electron chi connectivity index (χ3n) is 5.11. The summed E-state index contributed by atoms with van der Waals surface area (Å²) in [4.78, 5) is 19.4. The van der Waals surface area contributed by atoms with Gasteiger partial charge in [0.15, 0.2) is 0 Å². The molecule has 2 fully saturated rings. The first-order valence-corrected chi connectivity index (χ1v) is 9.43. The first-order valence-electron chi connectivity index (χ1n) is 8.67. The van der Waals surface area contributed by atoms with Crippen LogP contribution in [-0.4, -0.2) is 66.9 Å². The van der Waals surface area contributed by atoms with Crippen LogP contribution in [0.3, 0.4) is 0 Å². The Kier molecular flexibility index (Phi) is 6.03. The monoisotopic (exact) mass is 369 g/mol. The highest BCUT2D eigenvalue weighted by Crippen LogP contribution is 2.28. The van der Waals surface area contributed by atoms with Crippen molar-refractivity contribution in [2.45, 2.75) is 19.4 Å². The second-order valence-corrected chi connectivity index (χ2v) is 7.72. The van der Waals surface area contributed by atoms with E-state index in [1.807, 2.05) is 23.1 Å². The summed E-state index contributed by atoms with van der Waals surface area (Å²) in [5.41, 5.74) is 0.966. The lowest BCUT2D eigenvalue weighted by Crippen LogP contribution is -2.51. The number of likely N-dealkylation sites (N-methyl/N-ethyl adjacent to an activating group) is 1.